The monoisotopic (exact) mass is 452 g/mol. The van der Waals surface area contributed by atoms with Gasteiger partial charge in [0.2, 0.25) is 5.88 Å². The van der Waals surface area contributed by atoms with Gasteiger partial charge in [-0.2, -0.15) is 13.2 Å². The number of carboxylic acids is 1. The molecule has 1 N–H and O–H groups in total. The number of rotatable bonds is 3. The van der Waals surface area contributed by atoms with Crippen LogP contribution in [0.2, 0.25) is 0 Å². The third-order valence-corrected chi connectivity index (χ3v) is 5.13. The summed E-state index contributed by atoms with van der Waals surface area (Å²) in [6.07, 6.45) is -1.62. The van der Waals surface area contributed by atoms with E-state index in [1.54, 1.807) is 6.20 Å². The quantitative estimate of drug-likeness (QED) is 0.767. The summed E-state index contributed by atoms with van der Waals surface area (Å²) in [5, 5.41) is 7.12. The summed E-state index contributed by atoms with van der Waals surface area (Å²) in [7, 11) is 0. The van der Waals surface area contributed by atoms with E-state index in [2.05, 4.69) is 4.98 Å². The normalized spacial score (nSPS) is 19.4. The third-order valence-electron chi connectivity index (χ3n) is 5.13. The molecule has 3 heterocycles. The van der Waals surface area contributed by atoms with Crippen molar-refractivity contribution < 1.29 is 37.3 Å². The van der Waals surface area contributed by atoms with Crippen LogP contribution in [0.4, 0.5) is 13.2 Å². The van der Waals surface area contributed by atoms with Crippen LogP contribution in [-0.2, 0) is 9.53 Å². The van der Waals surface area contributed by atoms with Gasteiger partial charge in [-0.3, -0.25) is 4.79 Å². The lowest BCUT2D eigenvalue weighted by Crippen LogP contribution is -2.67. The van der Waals surface area contributed by atoms with Gasteiger partial charge in [-0.25, -0.2) is 9.78 Å². The predicted octanol–water partition coefficient (Wildman–Crippen LogP) is 3.48. The molecule has 0 bridgehead atoms. The molecular formula is C22H23F3N2O5. The van der Waals surface area contributed by atoms with Crippen molar-refractivity contribution in [1.29, 1.82) is 0 Å². The van der Waals surface area contributed by atoms with Crippen molar-refractivity contribution in [3.63, 3.8) is 0 Å². The number of ether oxygens (including phenoxy) is 2. The Morgan fingerprint density at radius 1 is 1.22 bits per heavy atom. The van der Waals surface area contributed by atoms with Gasteiger partial charge in [0.25, 0.3) is 5.91 Å². The average Bonchev–Trinajstić information content (AvgIpc) is 2.72. The first kappa shape index (κ1) is 23.5. The highest BCUT2D eigenvalue weighted by Crippen LogP contribution is 2.36. The molecule has 32 heavy (non-hydrogen) atoms. The number of hydrogen-bond acceptors (Lipinski definition) is 5. The number of aliphatic carboxylic acids is 1. The largest absolute Gasteiger partial charge is 0.490 e. The van der Waals surface area contributed by atoms with E-state index < -0.39 is 12.1 Å². The Balaban J connectivity index is 0.000000360. The maximum absolute atomic E-state index is 12.6. The predicted molar refractivity (Wildman–Crippen MR) is 107 cm³/mol. The molecule has 2 aliphatic rings. The number of hydrogen-bond donors (Lipinski definition) is 1. The van der Waals surface area contributed by atoms with Crippen LogP contribution >= 0.6 is 0 Å². The van der Waals surface area contributed by atoms with Crippen LogP contribution in [0.15, 0.2) is 48.7 Å². The summed E-state index contributed by atoms with van der Waals surface area (Å²) >= 11 is 0. The maximum atomic E-state index is 12.6. The van der Waals surface area contributed by atoms with Gasteiger partial charge < -0.3 is 19.5 Å². The van der Waals surface area contributed by atoms with Gasteiger partial charge in [0.1, 0.15) is 11.7 Å². The topological polar surface area (TPSA) is 89.0 Å². The van der Waals surface area contributed by atoms with Gasteiger partial charge in [-0.1, -0.05) is 23.8 Å². The highest BCUT2D eigenvalue weighted by Gasteiger charge is 2.50. The first-order valence-corrected chi connectivity index (χ1v) is 9.96. The highest BCUT2D eigenvalue weighted by molar-refractivity contribution is 5.95. The second-order valence-electron chi connectivity index (χ2n) is 7.77. The smallest absolute Gasteiger partial charge is 0.475 e. The number of nitrogens with zero attached hydrogens (tertiary/aromatic N) is 2. The molecule has 172 valence electrons. The van der Waals surface area contributed by atoms with Crippen LogP contribution in [0.5, 0.6) is 5.88 Å². The second kappa shape index (κ2) is 9.56. The summed E-state index contributed by atoms with van der Waals surface area (Å²) in [6, 6.07) is 13.4. The Morgan fingerprint density at radius 2 is 1.94 bits per heavy atom. The number of alkyl halides is 3. The van der Waals surface area contributed by atoms with Crippen LogP contribution in [0.25, 0.3) is 0 Å². The summed E-state index contributed by atoms with van der Waals surface area (Å²) < 4.78 is 43.7. The molecule has 0 aliphatic carbocycles. The van der Waals surface area contributed by atoms with Crippen molar-refractivity contribution in [2.24, 2.45) is 0 Å². The molecule has 1 atom stereocenters. The van der Waals surface area contributed by atoms with Crippen molar-refractivity contribution in [2.45, 2.75) is 37.6 Å². The Bertz CT molecular complexity index is 946. The van der Waals surface area contributed by atoms with E-state index in [1.165, 1.54) is 0 Å². The van der Waals surface area contributed by atoms with Gasteiger partial charge in [-0.05, 0) is 25.1 Å². The van der Waals surface area contributed by atoms with Crippen molar-refractivity contribution in [3.8, 4) is 5.88 Å². The molecule has 2 aliphatic heterocycles. The Morgan fingerprint density at radius 3 is 2.53 bits per heavy atom. The standard InChI is InChI=1S/C20H22N2O3.C2HF3O2/c1-15-5-4-6-16(11-15)19(23)22-13-20(14-22)12-17(8-10-24-20)25-18-7-2-3-9-21-18;3-2(4,5)1(6)7/h2-7,9,11,17H,8,10,12-14H2,1H3;(H,6,7). The third kappa shape index (κ3) is 5.97. The molecule has 1 aromatic carbocycles. The SMILES string of the molecule is Cc1cccc(C(=O)N2CC3(CC(Oc4ccccn4)CCO3)C2)c1.O=C(O)C(F)(F)F. The number of amides is 1. The summed E-state index contributed by atoms with van der Waals surface area (Å²) in [5.74, 6) is -2.03. The first-order valence-electron chi connectivity index (χ1n) is 9.96. The Hall–Kier alpha value is -3.14. The van der Waals surface area contributed by atoms with Crippen LogP contribution in [-0.4, -0.2) is 64.4 Å². The summed E-state index contributed by atoms with van der Waals surface area (Å²) in [6.45, 7) is 3.91. The zero-order valence-electron chi connectivity index (χ0n) is 17.3. The number of likely N-dealkylation sites (tertiary alicyclic amines) is 1. The molecular weight excluding hydrogens is 429 g/mol. The molecule has 2 fully saturated rings. The number of aryl methyl sites for hydroxylation is 1. The van der Waals surface area contributed by atoms with E-state index in [9.17, 15) is 18.0 Å². The van der Waals surface area contributed by atoms with Crippen molar-refractivity contribution in [3.05, 3.63) is 59.8 Å². The zero-order valence-corrected chi connectivity index (χ0v) is 17.3. The molecule has 2 aromatic rings. The lowest BCUT2D eigenvalue weighted by atomic mass is 9.84. The van der Waals surface area contributed by atoms with Crippen LogP contribution in [0.1, 0.15) is 28.8 Å². The number of carbonyl (C=O) groups excluding carboxylic acids is 1. The van der Waals surface area contributed by atoms with Gasteiger partial charge in [-0.15, -0.1) is 0 Å². The van der Waals surface area contributed by atoms with E-state index in [1.807, 2.05) is 54.3 Å². The average molecular weight is 452 g/mol. The van der Waals surface area contributed by atoms with E-state index in [-0.39, 0.29) is 17.6 Å². The molecule has 1 aromatic heterocycles. The molecule has 10 heteroatoms. The second-order valence-corrected chi connectivity index (χ2v) is 7.77. The minimum atomic E-state index is -5.08. The lowest BCUT2D eigenvalue weighted by molar-refractivity contribution is -0.192. The Kier molecular flexibility index (Phi) is 7.02. The number of halogens is 3. The van der Waals surface area contributed by atoms with E-state index in [4.69, 9.17) is 19.4 Å². The minimum absolute atomic E-state index is 0.0747. The van der Waals surface area contributed by atoms with E-state index in [0.29, 0.717) is 25.6 Å². The zero-order chi connectivity index (χ0) is 23.4. The Labute approximate surface area is 182 Å². The fraction of sp³-hybridized carbons (Fsp3) is 0.409. The van der Waals surface area contributed by atoms with Crippen LogP contribution in [0, 0.1) is 6.92 Å². The van der Waals surface area contributed by atoms with Gasteiger partial charge in [0.15, 0.2) is 0 Å². The molecule has 1 spiro atoms. The van der Waals surface area contributed by atoms with Gasteiger partial charge >= 0.3 is 12.1 Å². The van der Waals surface area contributed by atoms with Crippen molar-refractivity contribution >= 4 is 11.9 Å². The van der Waals surface area contributed by atoms with Gasteiger partial charge in [0, 0.05) is 30.7 Å². The fourth-order valence-corrected chi connectivity index (χ4v) is 3.64. The van der Waals surface area contributed by atoms with Crippen LogP contribution < -0.4 is 4.74 Å². The van der Waals surface area contributed by atoms with E-state index >= 15 is 0 Å². The van der Waals surface area contributed by atoms with Crippen LogP contribution in [0.3, 0.4) is 0 Å². The molecule has 0 saturated carbocycles. The molecule has 0 radical (unpaired) electrons. The number of pyridine rings is 1. The van der Waals surface area contributed by atoms with Crippen molar-refractivity contribution in [1.82, 2.24) is 9.88 Å². The number of carboxylic acid groups (broad SMARTS) is 1. The first-order chi connectivity index (χ1) is 15.1. The number of carbonyl (C=O) groups is 2. The maximum Gasteiger partial charge on any atom is 0.490 e. The molecule has 1 unspecified atom stereocenters. The minimum Gasteiger partial charge on any atom is -0.475 e. The summed E-state index contributed by atoms with van der Waals surface area (Å²) in [4.78, 5) is 27.6. The fourth-order valence-electron chi connectivity index (χ4n) is 3.64. The molecule has 1 amide bonds. The highest BCUT2D eigenvalue weighted by atomic mass is 19.4. The number of benzene rings is 1. The molecule has 2 saturated heterocycles. The molecule has 7 nitrogen and oxygen atoms in total. The van der Waals surface area contributed by atoms with Crippen molar-refractivity contribution in [2.75, 3.05) is 19.7 Å². The number of aromatic nitrogens is 1. The van der Waals surface area contributed by atoms with E-state index in [0.717, 1.165) is 24.0 Å². The summed E-state index contributed by atoms with van der Waals surface area (Å²) in [5.41, 5.74) is 1.57. The lowest BCUT2D eigenvalue weighted by Gasteiger charge is -2.52. The van der Waals surface area contributed by atoms with Gasteiger partial charge in [0.05, 0.1) is 19.7 Å². The molecule has 4 rings (SSSR count).